The summed E-state index contributed by atoms with van der Waals surface area (Å²) in [5.74, 6) is 0.677. The summed E-state index contributed by atoms with van der Waals surface area (Å²) in [6, 6.07) is 8.32. The third-order valence-electron chi connectivity index (χ3n) is 4.77. The van der Waals surface area contributed by atoms with E-state index in [9.17, 15) is 4.79 Å². The molecule has 6 heteroatoms. The van der Waals surface area contributed by atoms with E-state index in [4.69, 9.17) is 21.5 Å². The first-order valence-electron chi connectivity index (χ1n) is 9.09. The minimum Gasteiger partial charge on any atom is -0.483 e. The summed E-state index contributed by atoms with van der Waals surface area (Å²) in [6.07, 6.45) is 4.57. The van der Waals surface area contributed by atoms with Crippen molar-refractivity contribution in [2.75, 3.05) is 26.2 Å². The highest BCUT2D eigenvalue weighted by Gasteiger charge is 2.30. The van der Waals surface area contributed by atoms with Gasteiger partial charge in [-0.15, -0.1) is 0 Å². The molecule has 3 rings (SSSR count). The summed E-state index contributed by atoms with van der Waals surface area (Å²) in [5, 5.41) is 7.72. The van der Waals surface area contributed by atoms with Crippen LogP contribution in [-0.4, -0.2) is 59.5 Å². The van der Waals surface area contributed by atoms with Gasteiger partial charge in [0, 0.05) is 30.2 Å². The lowest BCUT2D eigenvalue weighted by Gasteiger charge is -2.31. The smallest absolute Gasteiger partial charge is 0.290 e. The van der Waals surface area contributed by atoms with Gasteiger partial charge in [0.1, 0.15) is 0 Å². The first kappa shape index (κ1) is 22.5. The molecule has 0 bridgehead atoms. The molecule has 0 saturated carbocycles. The van der Waals surface area contributed by atoms with E-state index < -0.39 is 0 Å². The fraction of sp³-hybridized carbons (Fsp3) is 0.600. The van der Waals surface area contributed by atoms with Gasteiger partial charge >= 0.3 is 0 Å². The van der Waals surface area contributed by atoms with Crippen molar-refractivity contribution in [3.63, 3.8) is 0 Å². The number of benzene rings is 1. The summed E-state index contributed by atoms with van der Waals surface area (Å²) in [7, 11) is 0. The fourth-order valence-electron chi connectivity index (χ4n) is 3.22. The molecule has 0 aromatic heterocycles. The van der Waals surface area contributed by atoms with Crippen molar-refractivity contribution in [1.82, 2.24) is 9.80 Å². The molecular formula is C20H31ClN2O3. The zero-order chi connectivity index (χ0) is 19.6. The van der Waals surface area contributed by atoms with E-state index in [0.717, 1.165) is 24.5 Å². The molecule has 2 aliphatic heterocycles. The Balaban J connectivity index is 0.000000280. The van der Waals surface area contributed by atoms with E-state index >= 15 is 0 Å². The Bertz CT molecular complexity index is 537. The lowest BCUT2D eigenvalue weighted by atomic mass is 9.98. The molecule has 26 heavy (non-hydrogen) atoms. The second kappa shape index (κ2) is 11.2. The summed E-state index contributed by atoms with van der Waals surface area (Å²) in [5.41, 5.74) is 1.72. The van der Waals surface area contributed by atoms with Gasteiger partial charge in [0.2, 0.25) is 6.41 Å². The molecule has 2 fully saturated rings. The number of carboxylic acid groups (broad SMARTS) is 1. The molecule has 0 aliphatic carbocycles. The third-order valence-corrected chi connectivity index (χ3v) is 5.02. The fourth-order valence-corrected chi connectivity index (χ4v) is 3.35. The second-order valence-electron chi connectivity index (χ2n) is 7.61. The SMILES string of the molecule is CC(C)(C)N1CCC(c2ccc(Cl)cc2)C1.O=CN1CCCC1.O=CO. The Morgan fingerprint density at radius 1 is 1.08 bits per heavy atom. The van der Waals surface area contributed by atoms with Gasteiger partial charge in [-0.05, 0) is 70.2 Å². The number of hydrogen-bond acceptors (Lipinski definition) is 3. The molecule has 1 aromatic rings. The average molecular weight is 383 g/mol. The van der Waals surface area contributed by atoms with E-state index in [1.807, 2.05) is 12.1 Å². The summed E-state index contributed by atoms with van der Waals surface area (Å²) >= 11 is 5.91. The van der Waals surface area contributed by atoms with E-state index in [2.05, 4.69) is 37.8 Å². The first-order chi connectivity index (χ1) is 12.3. The largest absolute Gasteiger partial charge is 0.483 e. The van der Waals surface area contributed by atoms with Gasteiger partial charge < -0.3 is 10.0 Å². The molecule has 2 heterocycles. The molecule has 1 N–H and O–H groups in total. The molecule has 0 spiro atoms. The highest BCUT2D eigenvalue weighted by atomic mass is 35.5. The molecule has 1 atom stereocenters. The van der Waals surface area contributed by atoms with Crippen molar-refractivity contribution in [1.29, 1.82) is 0 Å². The minimum absolute atomic E-state index is 0.250. The molecule has 2 saturated heterocycles. The highest BCUT2D eigenvalue weighted by molar-refractivity contribution is 6.30. The zero-order valence-electron chi connectivity index (χ0n) is 16.0. The van der Waals surface area contributed by atoms with E-state index in [1.165, 1.54) is 37.9 Å². The Labute approximate surface area is 161 Å². The van der Waals surface area contributed by atoms with Crippen molar-refractivity contribution >= 4 is 24.5 Å². The normalized spacial score (nSPS) is 19.8. The maximum absolute atomic E-state index is 9.93. The van der Waals surface area contributed by atoms with Crippen LogP contribution in [0.2, 0.25) is 5.02 Å². The van der Waals surface area contributed by atoms with Gasteiger partial charge in [-0.2, -0.15) is 0 Å². The molecule has 1 amide bonds. The van der Waals surface area contributed by atoms with Crippen LogP contribution in [0, 0.1) is 0 Å². The zero-order valence-corrected chi connectivity index (χ0v) is 16.8. The summed E-state index contributed by atoms with van der Waals surface area (Å²) in [6.45, 7) is 10.9. The van der Waals surface area contributed by atoms with E-state index in [-0.39, 0.29) is 6.47 Å². The number of carbonyl (C=O) groups is 2. The van der Waals surface area contributed by atoms with Crippen LogP contribution in [-0.2, 0) is 9.59 Å². The summed E-state index contributed by atoms with van der Waals surface area (Å²) in [4.78, 5) is 22.7. The Morgan fingerprint density at radius 3 is 2.00 bits per heavy atom. The van der Waals surface area contributed by atoms with Crippen LogP contribution in [0.5, 0.6) is 0 Å². The number of likely N-dealkylation sites (tertiary alicyclic amines) is 2. The number of carbonyl (C=O) groups excluding carboxylic acids is 1. The van der Waals surface area contributed by atoms with E-state index in [0.29, 0.717) is 11.5 Å². The van der Waals surface area contributed by atoms with Gasteiger partial charge in [0.15, 0.2) is 0 Å². The van der Waals surface area contributed by atoms with Crippen LogP contribution < -0.4 is 0 Å². The predicted octanol–water partition coefficient (Wildman–Crippen LogP) is 3.87. The number of halogens is 1. The van der Waals surface area contributed by atoms with Crippen LogP contribution in [0.1, 0.15) is 51.5 Å². The maximum Gasteiger partial charge on any atom is 0.290 e. The molecule has 5 nitrogen and oxygen atoms in total. The number of nitrogens with zero attached hydrogens (tertiary/aromatic N) is 2. The van der Waals surface area contributed by atoms with Gasteiger partial charge in [-0.3, -0.25) is 14.5 Å². The Hall–Kier alpha value is -1.59. The van der Waals surface area contributed by atoms with E-state index in [1.54, 1.807) is 4.90 Å². The molecular weight excluding hydrogens is 352 g/mol. The van der Waals surface area contributed by atoms with Gasteiger partial charge in [-0.1, -0.05) is 23.7 Å². The topological polar surface area (TPSA) is 60.9 Å². The molecule has 2 aliphatic rings. The number of rotatable bonds is 2. The van der Waals surface area contributed by atoms with Gasteiger partial charge in [0.25, 0.3) is 6.47 Å². The average Bonchev–Trinajstić information content (AvgIpc) is 3.28. The lowest BCUT2D eigenvalue weighted by Crippen LogP contribution is -2.39. The third kappa shape index (κ3) is 7.75. The van der Waals surface area contributed by atoms with Crippen LogP contribution >= 0.6 is 11.6 Å². The van der Waals surface area contributed by atoms with Crippen LogP contribution in [0.15, 0.2) is 24.3 Å². The minimum atomic E-state index is -0.250. The monoisotopic (exact) mass is 382 g/mol. The van der Waals surface area contributed by atoms with Crippen molar-refractivity contribution in [2.45, 2.75) is 51.5 Å². The number of hydrogen-bond donors (Lipinski definition) is 1. The molecule has 0 radical (unpaired) electrons. The Kier molecular flexibility index (Phi) is 9.66. The van der Waals surface area contributed by atoms with Gasteiger partial charge in [-0.25, -0.2) is 0 Å². The molecule has 146 valence electrons. The van der Waals surface area contributed by atoms with Crippen LogP contribution in [0.4, 0.5) is 0 Å². The van der Waals surface area contributed by atoms with Gasteiger partial charge in [0.05, 0.1) is 0 Å². The molecule has 1 aromatic carbocycles. The quantitative estimate of drug-likeness (QED) is 0.789. The van der Waals surface area contributed by atoms with Crippen LogP contribution in [0.3, 0.4) is 0 Å². The lowest BCUT2D eigenvalue weighted by molar-refractivity contribution is -0.123. The second-order valence-corrected chi connectivity index (χ2v) is 8.04. The van der Waals surface area contributed by atoms with Crippen molar-refractivity contribution < 1.29 is 14.7 Å². The van der Waals surface area contributed by atoms with Crippen molar-refractivity contribution in [3.8, 4) is 0 Å². The number of amides is 1. The molecule has 1 unspecified atom stereocenters. The standard InChI is InChI=1S/C14H20ClN.C5H9NO.CH2O2/c1-14(2,3)16-9-8-12(10-16)11-4-6-13(15)7-5-11;7-5-6-3-1-2-4-6;2-1-3/h4-7,12H,8-10H2,1-3H3;5H,1-4H2;1H,(H,2,3). The maximum atomic E-state index is 9.93. The van der Waals surface area contributed by atoms with Crippen molar-refractivity contribution in [3.05, 3.63) is 34.9 Å². The first-order valence-corrected chi connectivity index (χ1v) is 9.47. The van der Waals surface area contributed by atoms with Crippen LogP contribution in [0.25, 0.3) is 0 Å². The Morgan fingerprint density at radius 2 is 1.62 bits per heavy atom. The summed E-state index contributed by atoms with van der Waals surface area (Å²) < 4.78 is 0. The van der Waals surface area contributed by atoms with Crippen molar-refractivity contribution in [2.24, 2.45) is 0 Å². The highest BCUT2D eigenvalue weighted by Crippen LogP contribution is 2.31. The predicted molar refractivity (Wildman–Crippen MR) is 106 cm³/mol.